The van der Waals surface area contributed by atoms with E-state index in [2.05, 4.69) is 32.9 Å². The van der Waals surface area contributed by atoms with Crippen LogP contribution in [0.25, 0.3) is 0 Å². The lowest BCUT2D eigenvalue weighted by molar-refractivity contribution is -0.167. The van der Waals surface area contributed by atoms with Crippen molar-refractivity contribution < 1.29 is 28.6 Å². The highest BCUT2D eigenvalue weighted by Gasteiger charge is 2.19. The van der Waals surface area contributed by atoms with Gasteiger partial charge in [0.25, 0.3) is 0 Å². The summed E-state index contributed by atoms with van der Waals surface area (Å²) in [7, 11) is 0. The van der Waals surface area contributed by atoms with Gasteiger partial charge >= 0.3 is 17.9 Å². The van der Waals surface area contributed by atoms with Crippen molar-refractivity contribution in [3.8, 4) is 0 Å². The predicted molar refractivity (Wildman–Crippen MR) is 256 cm³/mol. The van der Waals surface area contributed by atoms with Gasteiger partial charge in [0.2, 0.25) is 0 Å². The Balaban J connectivity index is 4.36. The van der Waals surface area contributed by atoms with Crippen LogP contribution in [0, 0.1) is 0 Å². The van der Waals surface area contributed by atoms with Gasteiger partial charge in [-0.25, -0.2) is 0 Å². The van der Waals surface area contributed by atoms with E-state index in [0.717, 1.165) is 64.2 Å². The van der Waals surface area contributed by atoms with Gasteiger partial charge in [0, 0.05) is 19.3 Å². The van der Waals surface area contributed by atoms with Crippen molar-refractivity contribution >= 4 is 17.9 Å². The Labute approximate surface area is 370 Å². The van der Waals surface area contributed by atoms with E-state index < -0.39 is 6.10 Å². The molecule has 6 nitrogen and oxygen atoms in total. The molecule has 0 aliphatic carbocycles. The SMILES string of the molecule is CC\C=C/C=C\C=C/C=C\C=C/CCCCCC(=O)OC(COC(=O)CCCCCCCCCCC)COC(=O)CCCCCCCCCCCCCCCCCCCC. The van der Waals surface area contributed by atoms with E-state index in [-0.39, 0.29) is 37.5 Å². The van der Waals surface area contributed by atoms with Gasteiger partial charge in [0.15, 0.2) is 6.10 Å². The summed E-state index contributed by atoms with van der Waals surface area (Å²) >= 11 is 0. The molecule has 60 heavy (non-hydrogen) atoms. The van der Waals surface area contributed by atoms with E-state index in [9.17, 15) is 14.4 Å². The van der Waals surface area contributed by atoms with Crippen molar-refractivity contribution in [2.75, 3.05) is 13.2 Å². The van der Waals surface area contributed by atoms with Crippen LogP contribution in [0.2, 0.25) is 0 Å². The number of hydrogen-bond donors (Lipinski definition) is 0. The summed E-state index contributed by atoms with van der Waals surface area (Å²) in [6.07, 6.45) is 59.3. The first kappa shape index (κ1) is 57.1. The normalized spacial score (nSPS) is 12.5. The van der Waals surface area contributed by atoms with E-state index >= 15 is 0 Å². The lowest BCUT2D eigenvalue weighted by Gasteiger charge is -2.18. The molecule has 0 N–H and O–H groups in total. The second kappa shape index (κ2) is 48.8. The lowest BCUT2D eigenvalue weighted by atomic mass is 10.0. The third kappa shape index (κ3) is 46.2. The van der Waals surface area contributed by atoms with Gasteiger partial charge in [-0.05, 0) is 38.5 Å². The maximum absolute atomic E-state index is 12.7. The van der Waals surface area contributed by atoms with Crippen molar-refractivity contribution in [3.63, 3.8) is 0 Å². The molecule has 0 aliphatic heterocycles. The summed E-state index contributed by atoms with van der Waals surface area (Å²) in [6.45, 7) is 6.45. The zero-order valence-corrected chi connectivity index (χ0v) is 39.5. The van der Waals surface area contributed by atoms with Crippen molar-refractivity contribution in [2.45, 2.75) is 252 Å². The molecule has 0 aromatic carbocycles. The molecule has 0 spiro atoms. The molecular weight excluding hydrogens is 745 g/mol. The molecule has 1 atom stereocenters. The summed E-state index contributed by atoms with van der Waals surface area (Å²) < 4.78 is 16.7. The van der Waals surface area contributed by atoms with Gasteiger partial charge in [-0.2, -0.15) is 0 Å². The fourth-order valence-corrected chi connectivity index (χ4v) is 7.11. The molecule has 346 valence electrons. The first-order chi connectivity index (χ1) is 29.5. The maximum atomic E-state index is 12.7. The van der Waals surface area contributed by atoms with Gasteiger partial charge in [-0.15, -0.1) is 0 Å². The molecule has 0 radical (unpaired) electrons. The van der Waals surface area contributed by atoms with Crippen LogP contribution in [0.5, 0.6) is 0 Å². The molecule has 0 amide bonds. The molecule has 0 rings (SSSR count). The van der Waals surface area contributed by atoms with Crippen LogP contribution >= 0.6 is 0 Å². The molecule has 0 saturated carbocycles. The Bertz CT molecular complexity index is 1100. The molecule has 0 fully saturated rings. The summed E-state index contributed by atoms with van der Waals surface area (Å²) in [5, 5.41) is 0. The van der Waals surface area contributed by atoms with E-state index in [1.165, 1.54) is 135 Å². The van der Waals surface area contributed by atoms with Gasteiger partial charge in [0.1, 0.15) is 13.2 Å². The first-order valence-corrected chi connectivity index (χ1v) is 25.4. The number of unbranched alkanes of at least 4 members (excludes halogenated alkanes) is 28. The van der Waals surface area contributed by atoms with Crippen LogP contribution in [-0.2, 0) is 28.6 Å². The number of carbonyl (C=O) groups excluding carboxylic acids is 3. The highest BCUT2D eigenvalue weighted by molar-refractivity contribution is 5.71. The quantitative estimate of drug-likeness (QED) is 0.0263. The van der Waals surface area contributed by atoms with Gasteiger partial charge in [-0.3, -0.25) is 14.4 Å². The first-order valence-electron chi connectivity index (χ1n) is 25.4. The van der Waals surface area contributed by atoms with Crippen LogP contribution in [0.15, 0.2) is 60.8 Å². The third-order valence-electron chi connectivity index (χ3n) is 10.9. The average molecular weight is 839 g/mol. The smallest absolute Gasteiger partial charge is 0.306 e. The van der Waals surface area contributed by atoms with E-state index in [4.69, 9.17) is 14.2 Å². The number of carbonyl (C=O) groups is 3. The van der Waals surface area contributed by atoms with Crippen molar-refractivity contribution in [1.29, 1.82) is 0 Å². The molecule has 1 unspecified atom stereocenters. The summed E-state index contributed by atoms with van der Waals surface area (Å²) in [6, 6.07) is 0. The number of ether oxygens (including phenoxy) is 3. The molecule has 0 aromatic rings. The Kier molecular flexibility index (Phi) is 46.4. The Morgan fingerprint density at radius 3 is 1.02 bits per heavy atom. The molecule has 0 aliphatic rings. The van der Waals surface area contributed by atoms with E-state index in [1.54, 1.807) is 0 Å². The molecule has 6 heteroatoms. The van der Waals surface area contributed by atoms with Crippen LogP contribution in [-0.4, -0.2) is 37.2 Å². The molecule has 0 heterocycles. The monoisotopic (exact) mass is 839 g/mol. The Morgan fingerprint density at radius 1 is 0.350 bits per heavy atom. The molecule has 0 bridgehead atoms. The van der Waals surface area contributed by atoms with Crippen LogP contribution in [0.1, 0.15) is 245 Å². The molecule has 0 saturated heterocycles. The third-order valence-corrected chi connectivity index (χ3v) is 10.9. The van der Waals surface area contributed by atoms with E-state index in [1.807, 2.05) is 48.6 Å². The molecule has 0 aromatic heterocycles. The average Bonchev–Trinajstić information content (AvgIpc) is 3.24. The van der Waals surface area contributed by atoms with Crippen LogP contribution in [0.4, 0.5) is 0 Å². The summed E-state index contributed by atoms with van der Waals surface area (Å²) in [5.74, 6) is -0.928. The summed E-state index contributed by atoms with van der Waals surface area (Å²) in [4.78, 5) is 37.8. The minimum Gasteiger partial charge on any atom is -0.462 e. The minimum absolute atomic E-state index is 0.0887. The maximum Gasteiger partial charge on any atom is 0.306 e. The van der Waals surface area contributed by atoms with Crippen molar-refractivity contribution in [3.05, 3.63) is 60.8 Å². The number of hydrogen-bond acceptors (Lipinski definition) is 6. The van der Waals surface area contributed by atoms with Crippen LogP contribution < -0.4 is 0 Å². The standard InChI is InChI=1S/C54H94O6/c1-4-7-10-13-16-19-21-23-25-26-27-29-30-32-35-38-41-44-47-53(56)59-50-51(49-58-52(55)46-43-40-37-34-18-15-12-9-6-3)60-54(57)48-45-42-39-36-33-31-28-24-22-20-17-14-11-8-5-2/h8,11,14,17,20,22,24,28,31,33,51H,4-7,9-10,12-13,15-16,18-19,21,23,25-27,29-30,32,34-50H2,1-3H3/b11-8-,17-14-,22-20-,28-24-,33-31-. The van der Waals surface area contributed by atoms with Crippen LogP contribution in [0.3, 0.4) is 0 Å². The zero-order chi connectivity index (χ0) is 43.7. The predicted octanol–water partition coefficient (Wildman–Crippen LogP) is 16.5. The number of allylic oxidation sites excluding steroid dienone is 10. The summed E-state index contributed by atoms with van der Waals surface area (Å²) in [5.41, 5.74) is 0. The van der Waals surface area contributed by atoms with Gasteiger partial charge < -0.3 is 14.2 Å². The van der Waals surface area contributed by atoms with Gasteiger partial charge in [0.05, 0.1) is 0 Å². The highest BCUT2D eigenvalue weighted by Crippen LogP contribution is 2.16. The lowest BCUT2D eigenvalue weighted by Crippen LogP contribution is -2.30. The van der Waals surface area contributed by atoms with E-state index in [0.29, 0.717) is 19.3 Å². The fourth-order valence-electron chi connectivity index (χ4n) is 7.11. The largest absolute Gasteiger partial charge is 0.462 e. The highest BCUT2D eigenvalue weighted by atomic mass is 16.6. The fraction of sp³-hybridized carbons (Fsp3) is 0.759. The Morgan fingerprint density at radius 2 is 0.650 bits per heavy atom. The minimum atomic E-state index is -0.791. The Hall–Kier alpha value is -2.89. The number of esters is 3. The van der Waals surface area contributed by atoms with Crippen molar-refractivity contribution in [2.24, 2.45) is 0 Å². The van der Waals surface area contributed by atoms with Gasteiger partial charge in [-0.1, -0.05) is 248 Å². The van der Waals surface area contributed by atoms with Crippen molar-refractivity contribution in [1.82, 2.24) is 0 Å². The topological polar surface area (TPSA) is 78.9 Å². The number of rotatable bonds is 45. The second-order valence-electron chi connectivity index (χ2n) is 16.8. The zero-order valence-electron chi connectivity index (χ0n) is 39.5. The molecular formula is C54H94O6. The second-order valence-corrected chi connectivity index (χ2v) is 16.8.